The Morgan fingerprint density at radius 1 is 1.33 bits per heavy atom. The maximum atomic E-state index is 12.2. The van der Waals surface area contributed by atoms with Crippen molar-refractivity contribution < 1.29 is 8.42 Å². The first kappa shape index (κ1) is 19.1. The van der Waals surface area contributed by atoms with Crippen LogP contribution in [0.2, 0.25) is 0 Å². The van der Waals surface area contributed by atoms with Crippen LogP contribution < -0.4 is 10.6 Å². The molecule has 2 rings (SSSR count). The fraction of sp³-hybridized carbons (Fsp3) is 0.562. The van der Waals surface area contributed by atoms with E-state index in [1.165, 1.54) is 18.4 Å². The lowest BCUT2D eigenvalue weighted by Gasteiger charge is -2.32. The molecule has 1 aliphatic heterocycles. The number of benzene rings is 1. The van der Waals surface area contributed by atoms with Gasteiger partial charge in [0, 0.05) is 38.9 Å². The molecular formula is C16H26N4O2S2. The molecule has 1 aromatic carbocycles. The fourth-order valence-electron chi connectivity index (χ4n) is 2.69. The molecule has 0 aliphatic carbocycles. The van der Waals surface area contributed by atoms with E-state index in [2.05, 4.69) is 22.5 Å². The van der Waals surface area contributed by atoms with Crippen LogP contribution in [0.25, 0.3) is 0 Å². The van der Waals surface area contributed by atoms with Crippen LogP contribution in [-0.2, 0) is 10.0 Å². The molecule has 1 aromatic rings. The van der Waals surface area contributed by atoms with Crippen molar-refractivity contribution in [3.05, 3.63) is 24.3 Å². The van der Waals surface area contributed by atoms with Crippen molar-refractivity contribution in [1.29, 1.82) is 0 Å². The molecule has 0 bridgehead atoms. The molecule has 0 amide bonds. The zero-order chi connectivity index (χ0) is 17.7. The van der Waals surface area contributed by atoms with E-state index in [-0.39, 0.29) is 4.90 Å². The second-order valence-corrected chi connectivity index (χ2v) is 8.68. The van der Waals surface area contributed by atoms with Gasteiger partial charge in [0.2, 0.25) is 10.0 Å². The summed E-state index contributed by atoms with van der Waals surface area (Å²) in [5, 5.41) is 6.95. The number of piperidine rings is 1. The molecule has 0 spiro atoms. The summed E-state index contributed by atoms with van der Waals surface area (Å²) in [6, 6.07) is 7.06. The third-order valence-corrected chi connectivity index (χ3v) is 6.27. The minimum atomic E-state index is -3.45. The Bertz CT molecular complexity index is 668. The number of thiocarbonyl (C=S) groups is 1. The monoisotopic (exact) mass is 370 g/mol. The summed E-state index contributed by atoms with van der Waals surface area (Å²) in [5.41, 5.74) is 0.668. The topological polar surface area (TPSA) is 64.7 Å². The van der Waals surface area contributed by atoms with E-state index in [1.54, 1.807) is 18.2 Å². The molecule has 24 heavy (non-hydrogen) atoms. The minimum Gasteiger partial charge on any atom is -0.360 e. The van der Waals surface area contributed by atoms with Crippen molar-refractivity contribution in [2.45, 2.75) is 30.7 Å². The molecule has 1 saturated heterocycles. The molecule has 1 aliphatic rings. The molecule has 6 nitrogen and oxygen atoms in total. The Labute approximate surface area is 150 Å². The number of sulfonamides is 1. The van der Waals surface area contributed by atoms with Crippen LogP contribution >= 0.6 is 12.2 Å². The fourth-order valence-corrected chi connectivity index (χ4v) is 3.92. The number of likely N-dealkylation sites (tertiary alicyclic amines) is 1. The largest absolute Gasteiger partial charge is 0.360 e. The highest BCUT2D eigenvalue weighted by Gasteiger charge is 2.19. The van der Waals surface area contributed by atoms with Gasteiger partial charge < -0.3 is 15.5 Å². The number of nitrogens with one attached hydrogen (secondary N) is 2. The van der Waals surface area contributed by atoms with E-state index >= 15 is 0 Å². The summed E-state index contributed by atoms with van der Waals surface area (Å²) in [6.45, 7) is 5.41. The van der Waals surface area contributed by atoms with Crippen LogP contribution in [0.4, 0.5) is 5.69 Å². The van der Waals surface area contributed by atoms with Gasteiger partial charge >= 0.3 is 0 Å². The molecule has 134 valence electrons. The summed E-state index contributed by atoms with van der Waals surface area (Å²) >= 11 is 5.37. The first-order chi connectivity index (χ1) is 11.3. The van der Waals surface area contributed by atoms with Crippen molar-refractivity contribution >= 4 is 33.0 Å². The van der Waals surface area contributed by atoms with Gasteiger partial charge in [0.05, 0.1) is 4.90 Å². The molecule has 8 heteroatoms. The maximum Gasteiger partial charge on any atom is 0.242 e. The van der Waals surface area contributed by atoms with Gasteiger partial charge in [-0.1, -0.05) is 13.0 Å². The second kappa shape index (κ2) is 8.24. The van der Waals surface area contributed by atoms with Gasteiger partial charge in [-0.25, -0.2) is 12.7 Å². The van der Waals surface area contributed by atoms with Gasteiger partial charge in [-0.05, 0) is 49.8 Å². The number of hydrogen-bond acceptors (Lipinski definition) is 4. The zero-order valence-corrected chi connectivity index (χ0v) is 16.1. The van der Waals surface area contributed by atoms with Crippen molar-refractivity contribution in [3.63, 3.8) is 0 Å². The molecule has 0 unspecified atom stereocenters. The smallest absolute Gasteiger partial charge is 0.242 e. The van der Waals surface area contributed by atoms with Crippen LogP contribution in [0.1, 0.15) is 19.8 Å². The molecule has 2 N–H and O–H groups in total. The molecule has 1 heterocycles. The van der Waals surface area contributed by atoms with Crippen molar-refractivity contribution in [2.75, 3.05) is 39.0 Å². The Kier molecular flexibility index (Phi) is 6.56. The Morgan fingerprint density at radius 2 is 2.00 bits per heavy atom. The van der Waals surface area contributed by atoms with E-state index in [1.807, 2.05) is 6.07 Å². The third kappa shape index (κ3) is 4.89. The van der Waals surface area contributed by atoms with E-state index < -0.39 is 10.0 Å². The summed E-state index contributed by atoms with van der Waals surface area (Å²) in [5.74, 6) is 0. The van der Waals surface area contributed by atoms with Crippen LogP contribution in [0.15, 0.2) is 29.2 Å². The van der Waals surface area contributed by atoms with Gasteiger partial charge in [0.1, 0.15) is 0 Å². The quantitative estimate of drug-likeness (QED) is 0.770. The minimum absolute atomic E-state index is 0.247. The number of rotatable bonds is 5. The standard InChI is InChI=1S/C16H26N4O2S2/c1-4-20-10-8-13(9-11-20)17-16(23)18-14-6-5-7-15(12-14)24(21,22)19(2)3/h5-7,12-13H,4,8-11H2,1-3H3,(H2,17,18,23). The third-order valence-electron chi connectivity index (χ3n) is 4.24. The molecule has 0 saturated carbocycles. The van der Waals surface area contributed by atoms with E-state index in [9.17, 15) is 8.42 Å². The number of nitrogens with zero attached hydrogens (tertiary/aromatic N) is 2. The molecule has 0 atom stereocenters. The van der Waals surface area contributed by atoms with Gasteiger partial charge in [-0.2, -0.15) is 0 Å². The first-order valence-corrected chi connectivity index (χ1v) is 10.00. The normalized spacial score (nSPS) is 17.0. The van der Waals surface area contributed by atoms with Gasteiger partial charge in [0.15, 0.2) is 5.11 Å². The van der Waals surface area contributed by atoms with Crippen LogP contribution in [-0.4, -0.2) is 62.5 Å². The van der Waals surface area contributed by atoms with Crippen molar-refractivity contribution in [1.82, 2.24) is 14.5 Å². The summed E-state index contributed by atoms with van der Waals surface area (Å²) in [4.78, 5) is 2.67. The Balaban J connectivity index is 1.95. The Morgan fingerprint density at radius 3 is 2.58 bits per heavy atom. The highest BCUT2D eigenvalue weighted by molar-refractivity contribution is 7.89. The molecule has 1 fully saturated rings. The molecule has 0 radical (unpaired) electrons. The average Bonchev–Trinajstić information content (AvgIpc) is 2.55. The van der Waals surface area contributed by atoms with Crippen LogP contribution in [0.5, 0.6) is 0 Å². The first-order valence-electron chi connectivity index (χ1n) is 8.15. The van der Waals surface area contributed by atoms with Gasteiger partial charge in [-0.3, -0.25) is 0 Å². The van der Waals surface area contributed by atoms with E-state index in [4.69, 9.17) is 12.2 Å². The maximum absolute atomic E-state index is 12.2. The Hall–Kier alpha value is -1.22. The van der Waals surface area contributed by atoms with Crippen molar-refractivity contribution in [3.8, 4) is 0 Å². The van der Waals surface area contributed by atoms with Crippen LogP contribution in [0, 0.1) is 0 Å². The number of anilines is 1. The molecular weight excluding hydrogens is 344 g/mol. The lowest BCUT2D eigenvalue weighted by Crippen LogP contribution is -2.45. The van der Waals surface area contributed by atoms with Gasteiger partial charge in [-0.15, -0.1) is 0 Å². The van der Waals surface area contributed by atoms with E-state index in [0.717, 1.165) is 32.5 Å². The van der Waals surface area contributed by atoms with E-state index in [0.29, 0.717) is 16.8 Å². The highest BCUT2D eigenvalue weighted by Crippen LogP contribution is 2.18. The zero-order valence-electron chi connectivity index (χ0n) is 14.4. The number of hydrogen-bond donors (Lipinski definition) is 2. The predicted molar refractivity (Wildman–Crippen MR) is 102 cm³/mol. The second-order valence-electron chi connectivity index (χ2n) is 6.12. The lowest BCUT2D eigenvalue weighted by molar-refractivity contribution is 0.216. The summed E-state index contributed by atoms with van der Waals surface area (Å²) in [7, 11) is -0.411. The average molecular weight is 371 g/mol. The predicted octanol–water partition coefficient (Wildman–Crippen LogP) is 1.71. The molecule has 0 aromatic heterocycles. The SMILES string of the molecule is CCN1CCC(NC(=S)Nc2cccc(S(=O)(=O)N(C)C)c2)CC1. The summed E-state index contributed by atoms with van der Waals surface area (Å²) < 4.78 is 25.6. The van der Waals surface area contributed by atoms with Crippen molar-refractivity contribution in [2.24, 2.45) is 0 Å². The highest BCUT2D eigenvalue weighted by atomic mass is 32.2. The van der Waals surface area contributed by atoms with Gasteiger partial charge in [0.25, 0.3) is 0 Å². The lowest BCUT2D eigenvalue weighted by atomic mass is 10.1. The van der Waals surface area contributed by atoms with Crippen LogP contribution in [0.3, 0.4) is 0 Å². The summed E-state index contributed by atoms with van der Waals surface area (Å²) in [6.07, 6.45) is 2.12.